The number of nitrogens with one attached hydrogen (secondary N) is 2. The van der Waals surface area contributed by atoms with Crippen LogP contribution in [-0.2, 0) is 6.54 Å². The SMILES string of the molecule is CN=C(NCc1ccc(O)c(F)c1)NC1CCC(C)CC1.I. The lowest BCUT2D eigenvalue weighted by Crippen LogP contribution is -2.44. The van der Waals surface area contributed by atoms with Crippen LogP contribution in [-0.4, -0.2) is 24.2 Å². The molecule has 2 rings (SSSR count). The Hall–Kier alpha value is -1.05. The van der Waals surface area contributed by atoms with Gasteiger partial charge in [0.05, 0.1) is 0 Å². The van der Waals surface area contributed by atoms with Gasteiger partial charge in [0, 0.05) is 19.6 Å². The molecule has 3 N–H and O–H groups in total. The largest absolute Gasteiger partial charge is 0.505 e. The van der Waals surface area contributed by atoms with E-state index in [2.05, 4.69) is 22.5 Å². The molecule has 0 radical (unpaired) electrons. The molecule has 0 spiro atoms. The van der Waals surface area contributed by atoms with Crippen LogP contribution in [0.15, 0.2) is 23.2 Å². The zero-order valence-corrected chi connectivity index (χ0v) is 15.4. The molecule has 0 atom stereocenters. The van der Waals surface area contributed by atoms with E-state index in [-0.39, 0.29) is 29.7 Å². The molecule has 1 aromatic rings. The lowest BCUT2D eigenvalue weighted by atomic mass is 9.87. The summed E-state index contributed by atoms with van der Waals surface area (Å²) in [7, 11) is 1.73. The third-order valence-electron chi connectivity index (χ3n) is 4.05. The van der Waals surface area contributed by atoms with Crippen LogP contribution in [0.4, 0.5) is 4.39 Å². The number of phenols is 1. The molecule has 0 saturated heterocycles. The number of guanidine groups is 1. The van der Waals surface area contributed by atoms with Crippen molar-refractivity contribution in [2.24, 2.45) is 10.9 Å². The second kappa shape index (κ2) is 9.17. The molecule has 0 amide bonds. The first kappa shape index (κ1) is 19.0. The van der Waals surface area contributed by atoms with Crippen molar-refractivity contribution in [3.63, 3.8) is 0 Å². The van der Waals surface area contributed by atoms with E-state index >= 15 is 0 Å². The topological polar surface area (TPSA) is 56.7 Å². The maximum atomic E-state index is 13.3. The molecule has 0 aliphatic heterocycles. The minimum atomic E-state index is -0.599. The molecule has 0 unspecified atom stereocenters. The number of benzene rings is 1. The fourth-order valence-electron chi connectivity index (χ4n) is 2.64. The molecule has 0 aromatic heterocycles. The van der Waals surface area contributed by atoms with Gasteiger partial charge in [0.1, 0.15) is 0 Å². The molecule has 1 aromatic carbocycles. The van der Waals surface area contributed by atoms with Crippen LogP contribution in [0.1, 0.15) is 38.2 Å². The van der Waals surface area contributed by atoms with Crippen molar-refractivity contribution in [2.75, 3.05) is 7.05 Å². The van der Waals surface area contributed by atoms with Gasteiger partial charge in [0.2, 0.25) is 0 Å². The smallest absolute Gasteiger partial charge is 0.191 e. The predicted octanol–water partition coefficient (Wildman–Crippen LogP) is 3.39. The number of hydrogen-bond acceptors (Lipinski definition) is 2. The predicted molar refractivity (Wildman–Crippen MR) is 98.2 cm³/mol. The number of halogens is 2. The molecule has 1 fully saturated rings. The van der Waals surface area contributed by atoms with Crippen LogP contribution in [0.3, 0.4) is 0 Å². The van der Waals surface area contributed by atoms with Crippen molar-refractivity contribution >= 4 is 29.9 Å². The van der Waals surface area contributed by atoms with Gasteiger partial charge in [-0.25, -0.2) is 4.39 Å². The highest BCUT2D eigenvalue weighted by atomic mass is 127. The third kappa shape index (κ3) is 5.62. The minimum absolute atomic E-state index is 0. The zero-order valence-electron chi connectivity index (χ0n) is 13.1. The molecule has 1 saturated carbocycles. The van der Waals surface area contributed by atoms with Crippen LogP contribution in [0.2, 0.25) is 0 Å². The van der Waals surface area contributed by atoms with Crippen molar-refractivity contribution in [1.82, 2.24) is 10.6 Å². The Morgan fingerprint density at radius 2 is 2.00 bits per heavy atom. The van der Waals surface area contributed by atoms with Crippen LogP contribution >= 0.6 is 24.0 Å². The van der Waals surface area contributed by atoms with E-state index < -0.39 is 5.82 Å². The van der Waals surface area contributed by atoms with Crippen molar-refractivity contribution in [3.8, 4) is 5.75 Å². The highest BCUT2D eigenvalue weighted by Gasteiger charge is 2.18. The lowest BCUT2D eigenvalue weighted by molar-refractivity contribution is 0.329. The van der Waals surface area contributed by atoms with E-state index in [0.29, 0.717) is 12.6 Å². The van der Waals surface area contributed by atoms with Crippen LogP contribution in [0.25, 0.3) is 0 Å². The van der Waals surface area contributed by atoms with E-state index in [1.54, 1.807) is 13.1 Å². The molecular weight excluding hydrogens is 396 g/mol. The van der Waals surface area contributed by atoms with Gasteiger partial charge in [-0.1, -0.05) is 13.0 Å². The van der Waals surface area contributed by atoms with Crippen LogP contribution in [0.5, 0.6) is 5.75 Å². The summed E-state index contributed by atoms with van der Waals surface area (Å²) in [5.41, 5.74) is 0.769. The van der Waals surface area contributed by atoms with Gasteiger partial charge >= 0.3 is 0 Å². The average Bonchev–Trinajstić information content (AvgIpc) is 2.49. The number of rotatable bonds is 3. The summed E-state index contributed by atoms with van der Waals surface area (Å²) in [5.74, 6) is 0.636. The van der Waals surface area contributed by atoms with Crippen molar-refractivity contribution in [1.29, 1.82) is 0 Å². The summed E-state index contributed by atoms with van der Waals surface area (Å²) in [6.07, 6.45) is 4.82. The molecule has 1 aliphatic rings. The van der Waals surface area contributed by atoms with E-state index in [9.17, 15) is 9.50 Å². The fraction of sp³-hybridized carbons (Fsp3) is 0.562. The monoisotopic (exact) mass is 421 g/mol. The lowest BCUT2D eigenvalue weighted by Gasteiger charge is -2.28. The summed E-state index contributed by atoms with van der Waals surface area (Å²) in [6, 6.07) is 4.85. The quantitative estimate of drug-likeness (QED) is 0.399. The molecule has 124 valence electrons. The number of aliphatic imine (C=N–C) groups is 1. The third-order valence-corrected chi connectivity index (χ3v) is 4.05. The Morgan fingerprint density at radius 1 is 1.32 bits per heavy atom. The van der Waals surface area contributed by atoms with Gasteiger partial charge < -0.3 is 15.7 Å². The second-order valence-corrected chi connectivity index (χ2v) is 5.81. The molecular formula is C16H25FIN3O. The van der Waals surface area contributed by atoms with Crippen molar-refractivity contribution < 1.29 is 9.50 Å². The molecule has 0 bridgehead atoms. The Balaban J connectivity index is 0.00000242. The highest BCUT2D eigenvalue weighted by molar-refractivity contribution is 14.0. The Labute approximate surface area is 148 Å². The summed E-state index contributed by atoms with van der Waals surface area (Å²) in [6.45, 7) is 2.77. The summed E-state index contributed by atoms with van der Waals surface area (Å²) >= 11 is 0. The van der Waals surface area contributed by atoms with Crippen molar-refractivity contribution in [3.05, 3.63) is 29.6 Å². The van der Waals surface area contributed by atoms with Gasteiger partial charge in [-0.15, -0.1) is 24.0 Å². The van der Waals surface area contributed by atoms with Crippen LogP contribution < -0.4 is 10.6 Å². The Kier molecular flexibility index (Phi) is 7.92. The van der Waals surface area contributed by atoms with Gasteiger partial charge in [0.15, 0.2) is 17.5 Å². The van der Waals surface area contributed by atoms with Crippen molar-refractivity contribution in [2.45, 2.75) is 45.2 Å². The highest BCUT2D eigenvalue weighted by Crippen LogP contribution is 2.23. The number of phenolic OH excluding ortho intramolecular Hbond substituents is 1. The maximum Gasteiger partial charge on any atom is 0.191 e. The van der Waals surface area contributed by atoms with Crippen LogP contribution in [0, 0.1) is 11.7 Å². The second-order valence-electron chi connectivity index (χ2n) is 5.81. The Morgan fingerprint density at radius 3 is 2.59 bits per heavy atom. The van der Waals surface area contributed by atoms with Gasteiger partial charge in [-0.05, 0) is 49.3 Å². The molecule has 22 heavy (non-hydrogen) atoms. The van der Waals surface area contributed by atoms with Gasteiger partial charge in [0.25, 0.3) is 0 Å². The Bertz CT molecular complexity index is 502. The number of aromatic hydroxyl groups is 1. The first-order valence-corrected chi connectivity index (χ1v) is 7.53. The van der Waals surface area contributed by atoms with E-state index in [4.69, 9.17) is 0 Å². The first-order chi connectivity index (χ1) is 10.1. The first-order valence-electron chi connectivity index (χ1n) is 7.53. The summed E-state index contributed by atoms with van der Waals surface area (Å²) in [5, 5.41) is 15.8. The average molecular weight is 421 g/mol. The van der Waals surface area contributed by atoms with E-state index in [1.807, 2.05) is 0 Å². The number of hydrogen-bond donors (Lipinski definition) is 3. The summed E-state index contributed by atoms with van der Waals surface area (Å²) in [4.78, 5) is 4.21. The zero-order chi connectivity index (χ0) is 15.2. The van der Waals surface area contributed by atoms with Gasteiger partial charge in [-0.3, -0.25) is 4.99 Å². The van der Waals surface area contributed by atoms with Gasteiger partial charge in [-0.2, -0.15) is 0 Å². The molecule has 1 aliphatic carbocycles. The number of nitrogens with zero attached hydrogens (tertiary/aromatic N) is 1. The minimum Gasteiger partial charge on any atom is -0.505 e. The summed E-state index contributed by atoms with van der Waals surface area (Å²) < 4.78 is 13.3. The molecule has 0 heterocycles. The fourth-order valence-corrected chi connectivity index (χ4v) is 2.64. The van der Waals surface area contributed by atoms with E-state index in [0.717, 1.165) is 30.3 Å². The normalized spacial score (nSPS) is 21.9. The molecule has 4 nitrogen and oxygen atoms in total. The van der Waals surface area contributed by atoms with E-state index in [1.165, 1.54) is 25.0 Å². The maximum absolute atomic E-state index is 13.3. The molecule has 6 heteroatoms. The standard InChI is InChI=1S/C16H24FN3O.HI/c1-11-3-6-13(7-4-11)20-16(18-2)19-10-12-5-8-15(21)14(17)9-12;/h5,8-9,11,13,21H,3-4,6-7,10H2,1-2H3,(H2,18,19,20);1H.